The average molecular weight is 555 g/mol. The SMILES string of the molecule is COC(=O)Cc1ccc(-c2ccc(-c3snc(C)c3NC(=O)O[C@H](C)c3ccccc3Cl)cc2)c(Cl)c1. The number of amides is 1. The van der Waals surface area contributed by atoms with E-state index in [2.05, 4.69) is 9.69 Å². The van der Waals surface area contributed by atoms with Crippen molar-refractivity contribution in [1.29, 1.82) is 0 Å². The minimum atomic E-state index is -0.590. The number of aromatic nitrogens is 1. The summed E-state index contributed by atoms with van der Waals surface area (Å²) in [6.07, 6.45) is -0.949. The van der Waals surface area contributed by atoms with Gasteiger partial charge < -0.3 is 9.47 Å². The summed E-state index contributed by atoms with van der Waals surface area (Å²) in [6, 6.07) is 20.6. The number of anilines is 1. The number of carbonyl (C=O) groups excluding carboxylic acids is 2. The second-order valence-corrected chi connectivity index (χ2v) is 9.90. The van der Waals surface area contributed by atoms with Gasteiger partial charge in [-0.15, -0.1) is 0 Å². The number of nitrogens with one attached hydrogen (secondary N) is 1. The summed E-state index contributed by atoms with van der Waals surface area (Å²) in [5, 5.41) is 3.92. The first-order chi connectivity index (χ1) is 17.8. The van der Waals surface area contributed by atoms with Crippen LogP contribution in [-0.4, -0.2) is 23.5 Å². The number of hydrogen-bond acceptors (Lipinski definition) is 6. The predicted molar refractivity (Wildman–Crippen MR) is 148 cm³/mol. The second kappa shape index (κ2) is 11.8. The Morgan fingerprint density at radius 2 is 1.70 bits per heavy atom. The van der Waals surface area contributed by atoms with Gasteiger partial charge in [-0.1, -0.05) is 77.8 Å². The number of esters is 1. The summed E-state index contributed by atoms with van der Waals surface area (Å²) in [4.78, 5) is 25.0. The van der Waals surface area contributed by atoms with Crippen LogP contribution in [-0.2, 0) is 20.7 Å². The van der Waals surface area contributed by atoms with Crippen molar-refractivity contribution in [2.45, 2.75) is 26.4 Å². The van der Waals surface area contributed by atoms with Crippen LogP contribution in [0.1, 0.15) is 29.8 Å². The normalized spacial score (nSPS) is 11.6. The third kappa shape index (κ3) is 6.31. The maximum Gasteiger partial charge on any atom is 0.412 e. The molecular weight excluding hydrogens is 531 g/mol. The Kier molecular flexibility index (Phi) is 8.48. The molecule has 0 aliphatic carbocycles. The highest BCUT2D eigenvalue weighted by molar-refractivity contribution is 7.10. The highest BCUT2D eigenvalue weighted by atomic mass is 35.5. The van der Waals surface area contributed by atoms with Crippen molar-refractivity contribution in [3.05, 3.63) is 93.6 Å². The van der Waals surface area contributed by atoms with Crippen LogP contribution in [0.2, 0.25) is 10.0 Å². The number of hydrogen-bond donors (Lipinski definition) is 1. The molecule has 3 aromatic carbocycles. The summed E-state index contributed by atoms with van der Waals surface area (Å²) in [5.74, 6) is -0.320. The van der Waals surface area contributed by atoms with Gasteiger partial charge in [0.25, 0.3) is 0 Å². The van der Waals surface area contributed by atoms with E-state index in [0.717, 1.165) is 32.7 Å². The van der Waals surface area contributed by atoms with E-state index in [1.165, 1.54) is 18.6 Å². The Morgan fingerprint density at radius 3 is 2.38 bits per heavy atom. The molecule has 0 radical (unpaired) electrons. The smallest absolute Gasteiger partial charge is 0.412 e. The molecule has 37 heavy (non-hydrogen) atoms. The van der Waals surface area contributed by atoms with Gasteiger partial charge in [0, 0.05) is 21.2 Å². The van der Waals surface area contributed by atoms with E-state index in [1.54, 1.807) is 19.1 Å². The first-order valence-corrected chi connectivity index (χ1v) is 12.9. The molecule has 0 aliphatic rings. The molecule has 9 heteroatoms. The van der Waals surface area contributed by atoms with Crippen molar-refractivity contribution in [3.63, 3.8) is 0 Å². The van der Waals surface area contributed by atoms with Crippen molar-refractivity contribution in [3.8, 4) is 21.6 Å². The maximum absolute atomic E-state index is 12.7. The first-order valence-electron chi connectivity index (χ1n) is 11.4. The van der Waals surface area contributed by atoms with Gasteiger partial charge in [0.05, 0.1) is 29.8 Å². The molecule has 0 spiro atoms. The highest BCUT2D eigenvalue weighted by Gasteiger charge is 2.19. The van der Waals surface area contributed by atoms with Crippen LogP contribution < -0.4 is 5.32 Å². The highest BCUT2D eigenvalue weighted by Crippen LogP contribution is 2.37. The van der Waals surface area contributed by atoms with Crippen molar-refractivity contribution < 1.29 is 19.1 Å². The molecule has 1 amide bonds. The molecule has 0 saturated carbocycles. The Balaban J connectivity index is 1.50. The van der Waals surface area contributed by atoms with Crippen molar-refractivity contribution >= 4 is 52.5 Å². The first kappa shape index (κ1) is 26.7. The van der Waals surface area contributed by atoms with E-state index in [9.17, 15) is 9.59 Å². The van der Waals surface area contributed by atoms with Crippen LogP contribution in [0.3, 0.4) is 0 Å². The molecule has 1 atom stereocenters. The number of nitrogens with zero attached hydrogens (tertiary/aromatic N) is 1. The van der Waals surface area contributed by atoms with Crippen LogP contribution in [0.15, 0.2) is 66.7 Å². The van der Waals surface area contributed by atoms with Gasteiger partial charge in [0.1, 0.15) is 6.10 Å². The van der Waals surface area contributed by atoms with Gasteiger partial charge in [-0.2, -0.15) is 4.37 Å². The Morgan fingerprint density at radius 1 is 1.00 bits per heavy atom. The molecule has 6 nitrogen and oxygen atoms in total. The molecule has 190 valence electrons. The van der Waals surface area contributed by atoms with Crippen LogP contribution >= 0.6 is 34.7 Å². The zero-order chi connectivity index (χ0) is 26.5. The number of halogens is 2. The number of benzene rings is 3. The Hall–Kier alpha value is -3.39. The quantitative estimate of drug-likeness (QED) is 0.233. The molecule has 1 aromatic heterocycles. The van der Waals surface area contributed by atoms with Gasteiger partial charge in [-0.3, -0.25) is 10.1 Å². The summed E-state index contributed by atoms with van der Waals surface area (Å²) < 4.78 is 14.7. The molecular formula is C28H24Cl2N2O4S. The second-order valence-electron chi connectivity index (χ2n) is 8.31. The lowest BCUT2D eigenvalue weighted by atomic mass is 10.0. The third-order valence-corrected chi connectivity index (χ3v) is 7.43. The van der Waals surface area contributed by atoms with Gasteiger partial charge in [-0.25, -0.2) is 4.79 Å². The zero-order valence-electron chi connectivity index (χ0n) is 20.4. The van der Waals surface area contributed by atoms with Crippen molar-refractivity contribution in [1.82, 2.24) is 4.37 Å². The Labute approximate surface area is 229 Å². The summed E-state index contributed by atoms with van der Waals surface area (Å²) in [5.41, 5.74) is 5.45. The fourth-order valence-corrected chi connectivity index (χ4v) is 5.27. The lowest BCUT2D eigenvalue weighted by Gasteiger charge is -2.16. The molecule has 0 fully saturated rings. The van der Waals surface area contributed by atoms with E-state index in [1.807, 2.05) is 61.5 Å². The lowest BCUT2D eigenvalue weighted by Crippen LogP contribution is -2.16. The molecule has 0 unspecified atom stereocenters. The minimum absolute atomic E-state index is 0.162. The summed E-state index contributed by atoms with van der Waals surface area (Å²) in [6.45, 7) is 3.60. The zero-order valence-corrected chi connectivity index (χ0v) is 22.7. The molecule has 1 N–H and O–H groups in total. The molecule has 4 aromatic rings. The fourth-order valence-electron chi connectivity index (χ4n) is 3.82. The van der Waals surface area contributed by atoms with Gasteiger partial charge in [0.2, 0.25) is 0 Å². The van der Waals surface area contributed by atoms with Crippen LogP contribution in [0, 0.1) is 6.92 Å². The van der Waals surface area contributed by atoms with Gasteiger partial charge >= 0.3 is 12.1 Å². The predicted octanol–water partition coefficient (Wildman–Crippen LogP) is 8.12. The molecule has 1 heterocycles. The number of methoxy groups -OCH3 is 1. The maximum atomic E-state index is 12.7. The van der Waals surface area contributed by atoms with Crippen LogP contribution in [0.5, 0.6) is 0 Å². The summed E-state index contributed by atoms with van der Waals surface area (Å²) in [7, 11) is 1.36. The third-order valence-electron chi connectivity index (χ3n) is 5.78. The lowest BCUT2D eigenvalue weighted by molar-refractivity contribution is -0.139. The van der Waals surface area contributed by atoms with Crippen molar-refractivity contribution in [2.75, 3.05) is 12.4 Å². The van der Waals surface area contributed by atoms with Crippen LogP contribution in [0.25, 0.3) is 21.6 Å². The fraction of sp³-hybridized carbons (Fsp3) is 0.179. The minimum Gasteiger partial charge on any atom is -0.469 e. The largest absolute Gasteiger partial charge is 0.469 e. The van der Waals surface area contributed by atoms with E-state index in [0.29, 0.717) is 21.4 Å². The number of rotatable bonds is 7. The number of aryl methyl sites for hydroxylation is 1. The average Bonchev–Trinajstić information content (AvgIpc) is 3.24. The van der Waals surface area contributed by atoms with Crippen molar-refractivity contribution in [2.24, 2.45) is 0 Å². The van der Waals surface area contributed by atoms with Crippen LogP contribution in [0.4, 0.5) is 10.5 Å². The van der Waals surface area contributed by atoms with E-state index in [-0.39, 0.29) is 12.4 Å². The van der Waals surface area contributed by atoms with Gasteiger partial charge in [0.15, 0.2) is 0 Å². The molecule has 4 rings (SSSR count). The van der Waals surface area contributed by atoms with E-state index < -0.39 is 12.2 Å². The molecule has 0 saturated heterocycles. The van der Waals surface area contributed by atoms with E-state index >= 15 is 0 Å². The Bertz CT molecular complexity index is 1440. The standard InChI is InChI=1S/C28H24Cl2N2O4S/c1-16-26(31-28(34)36-17(2)21-6-4-5-7-23(21)29)27(37-32-16)20-11-9-19(10-12-20)22-13-8-18(14-24(22)30)15-25(33)35-3/h4-14,17H,15H2,1-3H3,(H,31,34)/t17-/m1/s1. The van der Waals surface area contributed by atoms with Gasteiger partial charge in [-0.05, 0) is 54.2 Å². The molecule has 0 bridgehead atoms. The monoisotopic (exact) mass is 554 g/mol. The number of ether oxygens (including phenoxy) is 2. The topological polar surface area (TPSA) is 77.5 Å². The number of carbonyl (C=O) groups is 2. The van der Waals surface area contributed by atoms with E-state index in [4.69, 9.17) is 32.7 Å². The summed E-state index contributed by atoms with van der Waals surface area (Å²) >= 11 is 14.0. The molecule has 0 aliphatic heterocycles.